The van der Waals surface area contributed by atoms with Gasteiger partial charge in [0.2, 0.25) is 0 Å². The molecule has 0 N–H and O–H groups in total. The van der Waals surface area contributed by atoms with E-state index in [4.69, 9.17) is 11.6 Å². The zero-order valence-corrected chi connectivity index (χ0v) is 13.2. The van der Waals surface area contributed by atoms with Crippen LogP contribution in [0.2, 0.25) is 4.47 Å². The van der Waals surface area contributed by atoms with Crippen LogP contribution in [0, 0.1) is 0 Å². The smallest absolute Gasteiger partial charge is 0.232 e. The summed E-state index contributed by atoms with van der Waals surface area (Å²) in [5, 5.41) is 0.565. The van der Waals surface area contributed by atoms with Crippen molar-refractivity contribution in [2.24, 2.45) is 0 Å². The average Bonchev–Trinajstić information content (AvgIpc) is 2.65. The molecule has 1 fully saturated rings. The number of hydrogen-bond donors (Lipinski definition) is 0. The Morgan fingerprint density at radius 2 is 2.28 bits per heavy atom. The number of thioether (sulfide) groups is 1. The second-order valence-corrected chi connectivity index (χ2v) is 9.04. The van der Waals surface area contributed by atoms with Crippen molar-refractivity contribution in [3.63, 3.8) is 0 Å². The summed E-state index contributed by atoms with van der Waals surface area (Å²) in [6, 6.07) is 0. The lowest BCUT2D eigenvalue weighted by Gasteiger charge is -2.18. The molecule has 1 aromatic heterocycles. The first-order valence-corrected chi connectivity index (χ1v) is 9.60. The maximum absolute atomic E-state index is 12.4. The minimum absolute atomic E-state index is 0.245. The largest absolute Gasteiger partial charge is 0.254 e. The van der Waals surface area contributed by atoms with Gasteiger partial charge in [0.25, 0.3) is 10.0 Å². The number of rotatable bonds is 3. The van der Waals surface area contributed by atoms with Gasteiger partial charge in [0.05, 0.1) is 6.20 Å². The Hall–Kier alpha value is 0.180. The van der Waals surface area contributed by atoms with Gasteiger partial charge in [0.1, 0.15) is 0 Å². The number of hydrogen-bond acceptors (Lipinski definition) is 5. The Labute approximate surface area is 121 Å². The molecule has 4 nitrogen and oxygen atoms in total. The first kappa shape index (κ1) is 14.6. The Morgan fingerprint density at radius 1 is 1.50 bits per heavy atom. The van der Waals surface area contributed by atoms with Crippen LogP contribution in [-0.2, 0) is 10.0 Å². The molecule has 1 unspecified atom stereocenters. The summed E-state index contributed by atoms with van der Waals surface area (Å²) < 4.78 is 26.8. The Morgan fingerprint density at radius 3 is 2.89 bits per heavy atom. The molecule has 1 aromatic rings. The van der Waals surface area contributed by atoms with Gasteiger partial charge in [-0.3, -0.25) is 0 Å². The van der Waals surface area contributed by atoms with Crippen LogP contribution in [0.25, 0.3) is 0 Å². The Bertz CT molecular complexity index is 503. The third kappa shape index (κ3) is 3.19. The van der Waals surface area contributed by atoms with Gasteiger partial charge in [-0.05, 0) is 25.5 Å². The number of aromatic nitrogens is 1. The molecule has 8 heteroatoms. The second kappa shape index (κ2) is 6.09. The fraction of sp³-hybridized carbons (Fsp3) is 0.700. The summed E-state index contributed by atoms with van der Waals surface area (Å²) >= 11 is 8.54. The third-order valence-corrected chi connectivity index (χ3v) is 7.61. The van der Waals surface area contributed by atoms with E-state index in [9.17, 15) is 8.42 Å². The molecule has 0 bridgehead atoms. The minimum Gasteiger partial charge on any atom is -0.232 e. The maximum atomic E-state index is 12.4. The van der Waals surface area contributed by atoms with E-state index in [0.717, 1.165) is 30.6 Å². The lowest BCUT2D eigenvalue weighted by Crippen LogP contribution is -2.31. The van der Waals surface area contributed by atoms with Gasteiger partial charge in [0.15, 0.2) is 8.68 Å². The van der Waals surface area contributed by atoms with Crippen molar-refractivity contribution in [3.8, 4) is 0 Å². The van der Waals surface area contributed by atoms with Crippen LogP contribution in [0.5, 0.6) is 0 Å². The molecule has 18 heavy (non-hydrogen) atoms. The summed E-state index contributed by atoms with van der Waals surface area (Å²) in [5.41, 5.74) is 0. The maximum Gasteiger partial charge on any atom is 0.254 e. The quantitative estimate of drug-likeness (QED) is 0.857. The summed E-state index contributed by atoms with van der Waals surface area (Å²) in [4.78, 5) is 3.81. The van der Waals surface area contributed by atoms with Crippen molar-refractivity contribution in [1.82, 2.24) is 9.29 Å². The van der Waals surface area contributed by atoms with Gasteiger partial charge in [-0.1, -0.05) is 22.9 Å². The molecule has 1 aliphatic rings. The summed E-state index contributed by atoms with van der Waals surface area (Å²) in [5.74, 6) is 0. The van der Waals surface area contributed by atoms with Gasteiger partial charge >= 0.3 is 0 Å². The predicted octanol–water partition coefficient (Wildman–Crippen LogP) is 2.70. The highest BCUT2D eigenvalue weighted by Crippen LogP contribution is 2.28. The monoisotopic (exact) mass is 326 g/mol. The van der Waals surface area contributed by atoms with Crippen LogP contribution >= 0.6 is 34.7 Å². The van der Waals surface area contributed by atoms with Gasteiger partial charge < -0.3 is 0 Å². The lowest BCUT2D eigenvalue weighted by atomic mass is 10.2. The third-order valence-electron chi connectivity index (χ3n) is 3.02. The zero-order valence-electron chi connectivity index (χ0n) is 10.0. The molecule has 0 spiro atoms. The number of thiazole rings is 1. The molecule has 2 heterocycles. The van der Waals surface area contributed by atoms with Crippen LogP contribution in [0.1, 0.15) is 19.3 Å². The van der Waals surface area contributed by atoms with E-state index >= 15 is 0 Å². The molecular formula is C10H15ClN2O2S3. The first-order valence-electron chi connectivity index (χ1n) is 5.68. The van der Waals surface area contributed by atoms with Crippen molar-refractivity contribution in [2.45, 2.75) is 28.7 Å². The summed E-state index contributed by atoms with van der Waals surface area (Å²) in [6.45, 7) is 1.18. The van der Waals surface area contributed by atoms with E-state index in [1.54, 1.807) is 4.31 Å². The van der Waals surface area contributed by atoms with Crippen LogP contribution in [-0.4, -0.2) is 42.3 Å². The van der Waals surface area contributed by atoms with Crippen LogP contribution in [0.3, 0.4) is 0 Å². The SMILES string of the molecule is CSC1CCCN(S(=O)(=O)c2cnc(Cl)s2)CC1. The molecule has 0 radical (unpaired) electrons. The molecule has 0 aliphatic carbocycles. The van der Waals surface area contributed by atoms with Crippen molar-refractivity contribution < 1.29 is 8.42 Å². The molecule has 1 atom stereocenters. The van der Waals surface area contributed by atoms with Gasteiger partial charge in [-0.15, -0.1) is 0 Å². The van der Waals surface area contributed by atoms with Crippen LogP contribution in [0.15, 0.2) is 10.4 Å². The fourth-order valence-corrected chi connectivity index (χ4v) is 5.69. The number of halogens is 1. The second-order valence-electron chi connectivity index (χ2n) is 4.12. The van der Waals surface area contributed by atoms with Crippen LogP contribution < -0.4 is 0 Å². The number of nitrogens with zero attached hydrogens (tertiary/aromatic N) is 2. The van der Waals surface area contributed by atoms with Gasteiger partial charge in [0, 0.05) is 18.3 Å². The molecule has 0 aromatic carbocycles. The van der Waals surface area contributed by atoms with Crippen molar-refractivity contribution in [1.29, 1.82) is 0 Å². The fourth-order valence-electron chi connectivity index (χ4n) is 2.00. The van der Waals surface area contributed by atoms with E-state index in [0.29, 0.717) is 18.3 Å². The predicted molar refractivity (Wildman–Crippen MR) is 77.0 cm³/mol. The molecule has 0 amide bonds. The molecule has 102 valence electrons. The van der Waals surface area contributed by atoms with Crippen molar-refractivity contribution in [2.75, 3.05) is 19.3 Å². The highest BCUT2D eigenvalue weighted by atomic mass is 35.5. The molecule has 1 aliphatic heterocycles. The summed E-state index contributed by atoms with van der Waals surface area (Å²) in [6.07, 6.45) is 6.33. The van der Waals surface area contributed by atoms with Crippen LogP contribution in [0.4, 0.5) is 0 Å². The Kier molecular flexibility index (Phi) is 4.93. The van der Waals surface area contributed by atoms with E-state index in [-0.39, 0.29) is 8.68 Å². The van der Waals surface area contributed by atoms with Crippen molar-refractivity contribution >= 4 is 44.7 Å². The lowest BCUT2D eigenvalue weighted by molar-refractivity contribution is 0.425. The average molecular weight is 327 g/mol. The van der Waals surface area contributed by atoms with E-state index in [2.05, 4.69) is 11.2 Å². The Balaban J connectivity index is 2.15. The van der Waals surface area contributed by atoms with E-state index < -0.39 is 10.0 Å². The van der Waals surface area contributed by atoms with Gasteiger partial charge in [-0.25, -0.2) is 13.4 Å². The highest BCUT2D eigenvalue weighted by molar-refractivity contribution is 7.99. The minimum atomic E-state index is -3.40. The molecule has 1 saturated heterocycles. The van der Waals surface area contributed by atoms with E-state index in [1.807, 2.05) is 11.8 Å². The number of sulfonamides is 1. The standard InChI is InChI=1S/C10H15ClN2O2S3/c1-16-8-3-2-5-13(6-4-8)18(14,15)9-7-12-10(11)17-9/h7-8H,2-6H2,1H3. The topological polar surface area (TPSA) is 50.3 Å². The van der Waals surface area contributed by atoms with Crippen molar-refractivity contribution in [3.05, 3.63) is 10.7 Å². The van der Waals surface area contributed by atoms with Gasteiger partial charge in [-0.2, -0.15) is 16.1 Å². The molecule has 2 rings (SSSR count). The normalized spacial score (nSPS) is 22.9. The molecule has 0 saturated carbocycles. The molecular weight excluding hydrogens is 312 g/mol. The summed E-state index contributed by atoms with van der Waals surface area (Å²) in [7, 11) is -3.40. The van der Waals surface area contributed by atoms with E-state index in [1.165, 1.54) is 6.20 Å². The highest BCUT2D eigenvalue weighted by Gasteiger charge is 2.28. The first-order chi connectivity index (χ1) is 8.54. The zero-order chi connectivity index (χ0) is 13.2.